The number of nitriles is 1. The molecule has 0 aliphatic rings. The first kappa shape index (κ1) is 18.4. The summed E-state index contributed by atoms with van der Waals surface area (Å²) in [6, 6.07) is 14.8. The number of urea groups is 1. The fourth-order valence-corrected chi connectivity index (χ4v) is 2.27. The van der Waals surface area contributed by atoms with Crippen molar-refractivity contribution in [3.63, 3.8) is 0 Å². The summed E-state index contributed by atoms with van der Waals surface area (Å²) in [6.07, 6.45) is 0. The molecule has 0 unspecified atom stereocenters. The Morgan fingerprint density at radius 3 is 2.60 bits per heavy atom. The second-order valence-electron chi connectivity index (χ2n) is 5.94. The Morgan fingerprint density at radius 2 is 1.92 bits per heavy atom. The van der Waals surface area contributed by atoms with Gasteiger partial charge in [-0.25, -0.2) is 9.18 Å². The van der Waals surface area contributed by atoms with Gasteiger partial charge >= 0.3 is 6.03 Å². The van der Waals surface area contributed by atoms with E-state index in [1.165, 1.54) is 6.07 Å². The third kappa shape index (κ3) is 5.59. The molecule has 0 aliphatic heterocycles. The van der Waals surface area contributed by atoms with E-state index >= 15 is 0 Å². The number of nitrogens with one attached hydrogen (secondary N) is 1. The molecule has 0 fully saturated rings. The van der Waals surface area contributed by atoms with Gasteiger partial charge in [0.15, 0.2) is 0 Å². The number of anilines is 1. The second kappa shape index (κ2) is 8.81. The number of likely N-dealkylation sites (N-methyl/N-ethyl adjacent to an activating group) is 1. The predicted molar refractivity (Wildman–Crippen MR) is 95.5 cm³/mol. The van der Waals surface area contributed by atoms with Gasteiger partial charge in [0, 0.05) is 24.3 Å². The van der Waals surface area contributed by atoms with Gasteiger partial charge in [-0.1, -0.05) is 24.3 Å². The molecule has 0 heterocycles. The Bertz CT molecular complexity index is 770. The van der Waals surface area contributed by atoms with Crippen molar-refractivity contribution >= 4 is 11.7 Å². The van der Waals surface area contributed by atoms with Gasteiger partial charge in [0.2, 0.25) is 0 Å². The summed E-state index contributed by atoms with van der Waals surface area (Å²) in [5.41, 5.74) is 1.46. The average molecular weight is 340 g/mol. The average Bonchev–Trinajstić information content (AvgIpc) is 2.60. The van der Waals surface area contributed by atoms with E-state index in [0.717, 1.165) is 0 Å². The van der Waals surface area contributed by atoms with Crippen molar-refractivity contribution in [1.29, 1.82) is 5.26 Å². The first-order chi connectivity index (χ1) is 12.0. The molecule has 0 spiro atoms. The fourth-order valence-electron chi connectivity index (χ4n) is 2.27. The molecular weight excluding hydrogens is 319 g/mol. The van der Waals surface area contributed by atoms with Crippen LogP contribution in [0.1, 0.15) is 11.1 Å². The van der Waals surface area contributed by atoms with Crippen LogP contribution in [0.3, 0.4) is 0 Å². The maximum atomic E-state index is 13.9. The number of hydrogen-bond donors (Lipinski definition) is 1. The summed E-state index contributed by atoms with van der Waals surface area (Å²) >= 11 is 0. The maximum absolute atomic E-state index is 13.9. The molecule has 0 radical (unpaired) electrons. The van der Waals surface area contributed by atoms with Crippen molar-refractivity contribution in [2.24, 2.45) is 0 Å². The minimum Gasteiger partial charge on any atom is -0.319 e. The molecule has 0 saturated carbocycles. The highest BCUT2D eigenvalue weighted by Gasteiger charge is 2.16. The zero-order chi connectivity index (χ0) is 18.2. The highest BCUT2D eigenvalue weighted by Crippen LogP contribution is 2.14. The van der Waals surface area contributed by atoms with Gasteiger partial charge in [-0.3, -0.25) is 0 Å². The van der Waals surface area contributed by atoms with Crippen LogP contribution in [0.4, 0.5) is 14.9 Å². The van der Waals surface area contributed by atoms with Gasteiger partial charge in [0.25, 0.3) is 0 Å². The van der Waals surface area contributed by atoms with Crippen molar-refractivity contribution in [1.82, 2.24) is 9.80 Å². The van der Waals surface area contributed by atoms with Crippen LogP contribution in [0.2, 0.25) is 0 Å². The number of carbonyl (C=O) groups excluding carboxylic acids is 1. The highest BCUT2D eigenvalue weighted by molar-refractivity contribution is 5.89. The summed E-state index contributed by atoms with van der Waals surface area (Å²) in [5.74, 6) is -0.336. The highest BCUT2D eigenvalue weighted by atomic mass is 19.1. The standard InChI is InChI=1S/C19H21FN4O/c1-23(2)10-11-24(14-16-7-3-4-9-18(16)20)19(25)22-17-8-5-6-15(12-17)13-21/h3-9,12H,10-11,14H2,1-2H3,(H,22,25). The smallest absolute Gasteiger partial charge is 0.319 e. The Labute approximate surface area is 147 Å². The molecule has 0 saturated heterocycles. The van der Waals surface area contributed by atoms with Crippen LogP contribution in [0.5, 0.6) is 0 Å². The summed E-state index contributed by atoms with van der Waals surface area (Å²) in [5, 5.41) is 11.7. The number of amides is 2. The van der Waals surface area contributed by atoms with E-state index in [9.17, 15) is 9.18 Å². The number of hydrogen-bond acceptors (Lipinski definition) is 3. The largest absolute Gasteiger partial charge is 0.322 e. The number of rotatable bonds is 6. The van der Waals surface area contributed by atoms with Gasteiger partial charge in [-0.05, 0) is 38.4 Å². The zero-order valence-electron chi connectivity index (χ0n) is 14.4. The van der Waals surface area contributed by atoms with Crippen molar-refractivity contribution in [2.75, 3.05) is 32.5 Å². The van der Waals surface area contributed by atoms with Crippen molar-refractivity contribution in [3.8, 4) is 6.07 Å². The van der Waals surface area contributed by atoms with Crippen LogP contribution in [0.15, 0.2) is 48.5 Å². The van der Waals surface area contributed by atoms with Crippen LogP contribution < -0.4 is 5.32 Å². The van der Waals surface area contributed by atoms with Crippen LogP contribution in [-0.2, 0) is 6.54 Å². The van der Waals surface area contributed by atoms with Gasteiger partial charge in [0.05, 0.1) is 18.2 Å². The van der Waals surface area contributed by atoms with E-state index < -0.39 is 0 Å². The third-order valence-electron chi connectivity index (χ3n) is 3.67. The van der Waals surface area contributed by atoms with Crippen LogP contribution in [0.25, 0.3) is 0 Å². The van der Waals surface area contributed by atoms with E-state index in [2.05, 4.69) is 5.32 Å². The molecule has 25 heavy (non-hydrogen) atoms. The summed E-state index contributed by atoms with van der Waals surface area (Å²) in [6.45, 7) is 1.27. The van der Waals surface area contributed by atoms with E-state index in [4.69, 9.17) is 5.26 Å². The molecule has 2 aromatic carbocycles. The molecule has 2 aromatic rings. The van der Waals surface area contributed by atoms with Gasteiger partial charge < -0.3 is 15.1 Å². The molecule has 0 aliphatic carbocycles. The van der Waals surface area contributed by atoms with Gasteiger partial charge in [-0.15, -0.1) is 0 Å². The lowest BCUT2D eigenvalue weighted by Gasteiger charge is -2.25. The number of carbonyl (C=O) groups is 1. The van der Waals surface area contributed by atoms with Crippen molar-refractivity contribution in [2.45, 2.75) is 6.54 Å². The molecular formula is C19H21FN4O. The summed E-state index contributed by atoms with van der Waals surface area (Å²) < 4.78 is 13.9. The number of benzene rings is 2. The Morgan fingerprint density at radius 1 is 1.16 bits per heavy atom. The van der Waals surface area contributed by atoms with Crippen molar-refractivity contribution < 1.29 is 9.18 Å². The van der Waals surface area contributed by atoms with Crippen molar-refractivity contribution in [3.05, 3.63) is 65.5 Å². The lowest BCUT2D eigenvalue weighted by molar-refractivity contribution is 0.201. The molecule has 130 valence electrons. The quantitative estimate of drug-likeness (QED) is 0.878. The molecule has 1 N–H and O–H groups in total. The number of halogens is 1. The molecule has 0 aromatic heterocycles. The molecule has 0 atom stereocenters. The lowest BCUT2D eigenvalue weighted by atomic mass is 10.2. The zero-order valence-corrected chi connectivity index (χ0v) is 14.4. The fraction of sp³-hybridized carbons (Fsp3) is 0.263. The molecule has 6 heteroatoms. The predicted octanol–water partition coefficient (Wildman–Crippen LogP) is 3.29. The van der Waals surface area contributed by atoms with E-state index in [1.807, 2.05) is 25.1 Å². The summed E-state index contributed by atoms with van der Waals surface area (Å²) in [7, 11) is 3.82. The van der Waals surface area contributed by atoms with Crippen LogP contribution in [0, 0.1) is 17.1 Å². The minimum atomic E-state index is -0.336. The number of nitrogens with zero attached hydrogens (tertiary/aromatic N) is 3. The first-order valence-electron chi connectivity index (χ1n) is 7.94. The van der Waals surface area contributed by atoms with Crippen LogP contribution in [-0.4, -0.2) is 43.0 Å². The Balaban J connectivity index is 2.14. The first-order valence-corrected chi connectivity index (χ1v) is 7.94. The van der Waals surface area contributed by atoms with E-state index in [0.29, 0.717) is 29.9 Å². The Kier molecular flexibility index (Phi) is 6.49. The lowest BCUT2D eigenvalue weighted by Crippen LogP contribution is -2.39. The second-order valence-corrected chi connectivity index (χ2v) is 5.94. The van der Waals surface area contributed by atoms with Gasteiger partial charge in [-0.2, -0.15) is 5.26 Å². The topological polar surface area (TPSA) is 59.4 Å². The Hall–Kier alpha value is -2.91. The molecule has 2 rings (SSSR count). The SMILES string of the molecule is CN(C)CCN(Cc1ccccc1F)C(=O)Nc1cccc(C#N)c1. The maximum Gasteiger partial charge on any atom is 0.322 e. The third-order valence-corrected chi connectivity index (χ3v) is 3.67. The molecule has 5 nitrogen and oxygen atoms in total. The molecule has 0 bridgehead atoms. The van der Waals surface area contributed by atoms with Gasteiger partial charge in [0.1, 0.15) is 5.82 Å². The monoisotopic (exact) mass is 340 g/mol. The normalized spacial score (nSPS) is 10.4. The van der Waals surface area contributed by atoms with Crippen LogP contribution >= 0.6 is 0 Å². The minimum absolute atomic E-state index is 0.171. The van der Waals surface area contributed by atoms with E-state index in [-0.39, 0.29) is 18.4 Å². The van der Waals surface area contributed by atoms with E-state index in [1.54, 1.807) is 47.4 Å². The molecule has 2 amide bonds. The summed E-state index contributed by atoms with van der Waals surface area (Å²) in [4.78, 5) is 16.1.